The van der Waals surface area contributed by atoms with Gasteiger partial charge in [0, 0.05) is 30.9 Å². The van der Waals surface area contributed by atoms with E-state index in [2.05, 4.69) is 4.98 Å². The van der Waals surface area contributed by atoms with Gasteiger partial charge in [0.05, 0.1) is 11.3 Å². The van der Waals surface area contributed by atoms with Crippen LogP contribution in [0.4, 0.5) is 13.2 Å². The van der Waals surface area contributed by atoms with Crippen LogP contribution in [-0.4, -0.2) is 9.38 Å². The van der Waals surface area contributed by atoms with Crippen LogP contribution in [0.5, 0.6) is 0 Å². The Kier molecular flexibility index (Phi) is 3.62. The second kappa shape index (κ2) is 5.46. The Balaban J connectivity index is 1.93. The number of alkyl halides is 3. The summed E-state index contributed by atoms with van der Waals surface area (Å²) in [6.07, 6.45) is -0.330. The quantitative estimate of drug-likeness (QED) is 0.806. The molecular formula is C16H14F3N3. The Morgan fingerprint density at radius 2 is 1.95 bits per heavy atom. The van der Waals surface area contributed by atoms with Gasteiger partial charge in [0.1, 0.15) is 5.65 Å². The van der Waals surface area contributed by atoms with Gasteiger partial charge >= 0.3 is 6.18 Å². The van der Waals surface area contributed by atoms with Crippen molar-refractivity contribution in [3.63, 3.8) is 0 Å². The second-order valence-corrected chi connectivity index (χ2v) is 5.08. The third-order valence-electron chi connectivity index (χ3n) is 3.47. The topological polar surface area (TPSA) is 43.3 Å². The molecule has 0 saturated carbocycles. The Hall–Kier alpha value is -2.34. The largest absolute Gasteiger partial charge is 0.416 e. The fourth-order valence-corrected chi connectivity index (χ4v) is 2.43. The molecule has 0 amide bonds. The molecule has 2 aromatic heterocycles. The monoisotopic (exact) mass is 305 g/mol. The van der Waals surface area contributed by atoms with Crippen molar-refractivity contribution in [3.05, 3.63) is 71.2 Å². The van der Waals surface area contributed by atoms with Crippen LogP contribution in [0.3, 0.4) is 0 Å². The van der Waals surface area contributed by atoms with Gasteiger partial charge in [-0.3, -0.25) is 0 Å². The summed E-state index contributed by atoms with van der Waals surface area (Å²) in [5, 5.41) is 0. The standard InChI is InChI=1S/C16H14F3N3/c17-16(18,19)13-5-1-3-11(7-13)8-14-10-22-6-2-4-12(9-20)15(22)21-14/h1-7,10H,8-9,20H2. The molecule has 2 N–H and O–H groups in total. The van der Waals surface area contributed by atoms with E-state index in [0.717, 1.165) is 23.3 Å². The summed E-state index contributed by atoms with van der Waals surface area (Å²) in [4.78, 5) is 4.47. The highest BCUT2D eigenvalue weighted by atomic mass is 19.4. The molecule has 0 radical (unpaired) electrons. The van der Waals surface area contributed by atoms with Crippen molar-refractivity contribution in [2.45, 2.75) is 19.1 Å². The van der Waals surface area contributed by atoms with Crippen LogP contribution >= 0.6 is 0 Å². The molecule has 3 rings (SSSR count). The van der Waals surface area contributed by atoms with E-state index in [-0.39, 0.29) is 0 Å². The molecule has 0 aliphatic heterocycles. The number of nitrogens with two attached hydrogens (primary N) is 1. The average molecular weight is 305 g/mol. The van der Waals surface area contributed by atoms with Gasteiger partial charge in [0.15, 0.2) is 0 Å². The highest BCUT2D eigenvalue weighted by Gasteiger charge is 2.30. The number of imidazole rings is 1. The number of pyridine rings is 1. The molecule has 0 saturated heterocycles. The number of benzene rings is 1. The molecule has 1 aromatic carbocycles. The van der Waals surface area contributed by atoms with Crippen LogP contribution in [0, 0.1) is 0 Å². The van der Waals surface area contributed by atoms with Crippen LogP contribution in [-0.2, 0) is 19.1 Å². The number of fused-ring (bicyclic) bond motifs is 1. The molecule has 0 atom stereocenters. The predicted molar refractivity (Wildman–Crippen MR) is 77.3 cm³/mol. The normalized spacial score (nSPS) is 12.0. The third-order valence-corrected chi connectivity index (χ3v) is 3.47. The average Bonchev–Trinajstić information content (AvgIpc) is 2.88. The summed E-state index contributed by atoms with van der Waals surface area (Å²) in [5.74, 6) is 0. The molecular weight excluding hydrogens is 291 g/mol. The summed E-state index contributed by atoms with van der Waals surface area (Å²) >= 11 is 0. The minimum atomic E-state index is -4.33. The van der Waals surface area contributed by atoms with Gasteiger partial charge in [-0.05, 0) is 17.7 Å². The van der Waals surface area contributed by atoms with Crippen molar-refractivity contribution in [2.75, 3.05) is 0 Å². The first-order valence-corrected chi connectivity index (χ1v) is 6.79. The lowest BCUT2D eigenvalue weighted by Gasteiger charge is -2.07. The maximum atomic E-state index is 12.7. The number of halogens is 3. The molecule has 0 aliphatic carbocycles. The van der Waals surface area contributed by atoms with Gasteiger partial charge in [0.2, 0.25) is 0 Å². The van der Waals surface area contributed by atoms with Gasteiger partial charge in [-0.15, -0.1) is 0 Å². The van der Waals surface area contributed by atoms with E-state index < -0.39 is 11.7 Å². The molecule has 3 aromatic rings. The Morgan fingerprint density at radius 3 is 2.68 bits per heavy atom. The third kappa shape index (κ3) is 2.82. The van der Waals surface area contributed by atoms with Crippen molar-refractivity contribution in [3.8, 4) is 0 Å². The lowest BCUT2D eigenvalue weighted by Crippen LogP contribution is -2.05. The van der Waals surface area contributed by atoms with E-state index in [1.54, 1.807) is 6.07 Å². The first kappa shape index (κ1) is 14.6. The van der Waals surface area contributed by atoms with Crippen LogP contribution < -0.4 is 5.73 Å². The Morgan fingerprint density at radius 1 is 1.14 bits per heavy atom. The fourth-order valence-electron chi connectivity index (χ4n) is 2.43. The molecule has 0 fully saturated rings. The maximum absolute atomic E-state index is 12.7. The van der Waals surface area contributed by atoms with Crippen LogP contribution in [0.2, 0.25) is 0 Å². The lowest BCUT2D eigenvalue weighted by atomic mass is 10.1. The van der Waals surface area contributed by atoms with Crippen molar-refractivity contribution >= 4 is 5.65 Å². The van der Waals surface area contributed by atoms with Gasteiger partial charge in [-0.2, -0.15) is 13.2 Å². The van der Waals surface area contributed by atoms with Crippen molar-refractivity contribution in [1.82, 2.24) is 9.38 Å². The molecule has 0 aliphatic rings. The first-order valence-electron chi connectivity index (χ1n) is 6.79. The van der Waals surface area contributed by atoms with Crippen molar-refractivity contribution < 1.29 is 13.2 Å². The molecule has 6 heteroatoms. The first-order chi connectivity index (χ1) is 10.5. The van der Waals surface area contributed by atoms with Crippen LogP contribution in [0.1, 0.15) is 22.4 Å². The number of hydrogen-bond acceptors (Lipinski definition) is 2. The van der Waals surface area contributed by atoms with E-state index in [1.165, 1.54) is 6.07 Å². The van der Waals surface area contributed by atoms with Gasteiger partial charge < -0.3 is 10.1 Å². The van der Waals surface area contributed by atoms with Crippen molar-refractivity contribution in [1.29, 1.82) is 0 Å². The SMILES string of the molecule is NCc1cccn2cc(Cc3cccc(C(F)(F)F)c3)nc12. The summed E-state index contributed by atoms with van der Waals surface area (Å²) in [7, 11) is 0. The molecule has 3 nitrogen and oxygen atoms in total. The van der Waals surface area contributed by atoms with E-state index >= 15 is 0 Å². The summed E-state index contributed by atoms with van der Waals surface area (Å²) in [6.45, 7) is 0.365. The fraction of sp³-hybridized carbons (Fsp3) is 0.188. The highest BCUT2D eigenvalue weighted by molar-refractivity contribution is 5.49. The van der Waals surface area contributed by atoms with Crippen molar-refractivity contribution in [2.24, 2.45) is 5.73 Å². The van der Waals surface area contributed by atoms with Gasteiger partial charge in [0.25, 0.3) is 0 Å². The molecule has 2 heterocycles. The zero-order valence-corrected chi connectivity index (χ0v) is 11.6. The summed E-state index contributed by atoms with van der Waals surface area (Å²) < 4.78 is 40.1. The number of aromatic nitrogens is 2. The Labute approximate surface area is 125 Å². The van der Waals surface area contributed by atoms with E-state index in [1.807, 2.05) is 28.9 Å². The van der Waals surface area contributed by atoms with Crippen LogP contribution in [0.15, 0.2) is 48.8 Å². The van der Waals surface area contributed by atoms with Gasteiger partial charge in [-0.25, -0.2) is 4.98 Å². The Bertz CT molecular complexity index is 806. The molecule has 0 bridgehead atoms. The number of hydrogen-bond donors (Lipinski definition) is 1. The van der Waals surface area contributed by atoms with Gasteiger partial charge in [-0.1, -0.05) is 24.3 Å². The van der Waals surface area contributed by atoms with E-state index in [4.69, 9.17) is 5.73 Å². The molecule has 0 spiro atoms. The van der Waals surface area contributed by atoms with E-state index in [0.29, 0.717) is 24.2 Å². The smallest absolute Gasteiger partial charge is 0.326 e. The van der Waals surface area contributed by atoms with Crippen LogP contribution in [0.25, 0.3) is 5.65 Å². The highest BCUT2D eigenvalue weighted by Crippen LogP contribution is 2.30. The molecule has 22 heavy (non-hydrogen) atoms. The molecule has 0 unspecified atom stereocenters. The summed E-state index contributed by atoms with van der Waals surface area (Å²) in [6, 6.07) is 9.07. The number of nitrogens with zero attached hydrogens (tertiary/aromatic N) is 2. The zero-order valence-electron chi connectivity index (χ0n) is 11.6. The lowest BCUT2D eigenvalue weighted by molar-refractivity contribution is -0.137. The minimum absolute atomic E-state index is 0.343. The van der Waals surface area contributed by atoms with E-state index in [9.17, 15) is 13.2 Å². The predicted octanol–water partition coefficient (Wildman–Crippen LogP) is 3.40. The summed E-state index contributed by atoms with van der Waals surface area (Å²) in [5.41, 5.74) is 7.95. The minimum Gasteiger partial charge on any atom is -0.326 e. The maximum Gasteiger partial charge on any atom is 0.416 e. The number of rotatable bonds is 3. The molecule has 114 valence electrons. The zero-order chi connectivity index (χ0) is 15.7. The second-order valence-electron chi connectivity index (χ2n) is 5.08.